The Balaban J connectivity index is 2.01. The van der Waals surface area contributed by atoms with E-state index in [-0.39, 0.29) is 11.9 Å². The number of carbonyl (C=O) groups excluding carboxylic acids is 1. The highest BCUT2D eigenvalue weighted by Gasteiger charge is 2.27. The molecule has 6 heteroatoms. The molecule has 0 radical (unpaired) electrons. The van der Waals surface area contributed by atoms with Gasteiger partial charge in [0, 0.05) is 23.2 Å². The van der Waals surface area contributed by atoms with Crippen molar-refractivity contribution in [1.29, 1.82) is 0 Å². The van der Waals surface area contributed by atoms with Gasteiger partial charge in [0.25, 0.3) is 0 Å². The molecular formula is C15H19BrN2O3. The smallest absolute Gasteiger partial charge is 0.321 e. The molecule has 0 spiro atoms. The normalized spacial score (nSPS) is 15.9. The first-order valence-electron chi connectivity index (χ1n) is 6.94. The Hall–Kier alpha value is -1.56. The zero-order valence-corrected chi connectivity index (χ0v) is 13.7. The van der Waals surface area contributed by atoms with Gasteiger partial charge in [-0.15, -0.1) is 0 Å². The highest BCUT2D eigenvalue weighted by atomic mass is 79.9. The Labute approximate surface area is 132 Å². The number of amides is 2. The third-order valence-corrected chi connectivity index (χ3v) is 4.32. The van der Waals surface area contributed by atoms with Crippen LogP contribution in [-0.2, 0) is 4.79 Å². The minimum atomic E-state index is -0.769. The predicted molar refractivity (Wildman–Crippen MR) is 84.6 cm³/mol. The molecule has 0 aliphatic carbocycles. The van der Waals surface area contributed by atoms with E-state index in [9.17, 15) is 9.59 Å². The van der Waals surface area contributed by atoms with Crippen molar-refractivity contribution in [2.24, 2.45) is 5.92 Å². The van der Waals surface area contributed by atoms with Gasteiger partial charge in [0.15, 0.2) is 0 Å². The molecule has 2 rings (SSSR count). The largest absolute Gasteiger partial charge is 0.481 e. The summed E-state index contributed by atoms with van der Waals surface area (Å²) in [6, 6.07) is 3.76. The maximum atomic E-state index is 12.3. The number of hydrogen-bond donors (Lipinski definition) is 2. The number of benzene rings is 1. The first-order valence-corrected chi connectivity index (χ1v) is 7.73. The fourth-order valence-corrected chi connectivity index (χ4v) is 3.31. The molecule has 2 N–H and O–H groups in total. The minimum absolute atomic E-state index is 0.160. The van der Waals surface area contributed by atoms with Crippen molar-refractivity contribution in [3.63, 3.8) is 0 Å². The van der Waals surface area contributed by atoms with Crippen LogP contribution >= 0.6 is 15.9 Å². The fourth-order valence-electron chi connectivity index (χ4n) is 2.62. The Kier molecular flexibility index (Phi) is 4.88. The number of carboxylic acid groups (broad SMARTS) is 1. The summed E-state index contributed by atoms with van der Waals surface area (Å²) in [7, 11) is 0. The second-order valence-electron chi connectivity index (χ2n) is 5.44. The maximum Gasteiger partial charge on any atom is 0.321 e. The molecule has 1 aromatic rings. The van der Waals surface area contributed by atoms with Crippen molar-refractivity contribution in [3.8, 4) is 0 Å². The minimum Gasteiger partial charge on any atom is -0.481 e. The van der Waals surface area contributed by atoms with Crippen LogP contribution in [0.3, 0.4) is 0 Å². The number of carboxylic acids is 1. The first-order chi connectivity index (χ1) is 9.88. The molecule has 0 atom stereocenters. The molecule has 0 aromatic heterocycles. The van der Waals surface area contributed by atoms with Gasteiger partial charge in [-0.25, -0.2) is 4.79 Å². The number of nitrogens with zero attached hydrogens (tertiary/aromatic N) is 1. The highest BCUT2D eigenvalue weighted by Crippen LogP contribution is 2.26. The number of urea groups is 1. The van der Waals surface area contributed by atoms with Crippen LogP contribution in [-0.4, -0.2) is 35.1 Å². The van der Waals surface area contributed by atoms with E-state index in [0.717, 1.165) is 21.3 Å². The average Bonchev–Trinajstić information content (AvgIpc) is 2.42. The third kappa shape index (κ3) is 3.75. The third-order valence-electron chi connectivity index (χ3n) is 3.86. The van der Waals surface area contributed by atoms with E-state index in [2.05, 4.69) is 21.2 Å². The Morgan fingerprint density at radius 1 is 1.24 bits per heavy atom. The number of likely N-dealkylation sites (tertiary alicyclic amines) is 1. The first kappa shape index (κ1) is 15.8. The van der Waals surface area contributed by atoms with E-state index >= 15 is 0 Å². The summed E-state index contributed by atoms with van der Waals surface area (Å²) in [4.78, 5) is 24.9. The molecule has 1 fully saturated rings. The van der Waals surface area contributed by atoms with Crippen molar-refractivity contribution in [2.75, 3.05) is 18.4 Å². The number of carbonyl (C=O) groups is 2. The summed E-state index contributed by atoms with van der Waals surface area (Å²) >= 11 is 3.43. The summed E-state index contributed by atoms with van der Waals surface area (Å²) in [6.45, 7) is 4.86. The molecule has 1 saturated heterocycles. The summed E-state index contributed by atoms with van der Waals surface area (Å²) in [6.07, 6.45) is 1.03. The van der Waals surface area contributed by atoms with Crippen LogP contribution in [0, 0.1) is 19.8 Å². The molecule has 21 heavy (non-hydrogen) atoms. The number of hydrogen-bond acceptors (Lipinski definition) is 2. The van der Waals surface area contributed by atoms with E-state index in [1.807, 2.05) is 26.0 Å². The lowest BCUT2D eigenvalue weighted by Gasteiger charge is -2.30. The zero-order valence-electron chi connectivity index (χ0n) is 12.1. The number of nitrogens with one attached hydrogen (secondary N) is 1. The van der Waals surface area contributed by atoms with Crippen molar-refractivity contribution in [2.45, 2.75) is 26.7 Å². The fraction of sp³-hybridized carbons (Fsp3) is 0.467. The van der Waals surface area contributed by atoms with Crippen LogP contribution in [0.1, 0.15) is 24.0 Å². The molecule has 0 saturated carbocycles. The van der Waals surface area contributed by atoms with E-state index in [1.165, 1.54) is 0 Å². The lowest BCUT2D eigenvalue weighted by atomic mass is 9.97. The van der Waals surface area contributed by atoms with Gasteiger partial charge >= 0.3 is 12.0 Å². The number of piperidine rings is 1. The SMILES string of the molecule is Cc1cc(Br)cc(C)c1NC(=O)N1CCC(C(=O)O)CC1. The molecule has 1 aromatic carbocycles. The average molecular weight is 355 g/mol. The quantitative estimate of drug-likeness (QED) is 0.854. The summed E-state index contributed by atoms with van der Waals surface area (Å²) in [5.74, 6) is -1.10. The van der Waals surface area contributed by atoms with Crippen molar-refractivity contribution in [3.05, 3.63) is 27.7 Å². The molecule has 1 heterocycles. The number of aryl methyl sites for hydroxylation is 2. The zero-order chi connectivity index (χ0) is 15.6. The molecule has 1 aliphatic heterocycles. The van der Waals surface area contributed by atoms with Gasteiger partial charge in [-0.1, -0.05) is 15.9 Å². The van der Waals surface area contributed by atoms with Crippen LogP contribution in [0.4, 0.5) is 10.5 Å². The van der Waals surface area contributed by atoms with Crippen LogP contribution in [0.25, 0.3) is 0 Å². The molecular weight excluding hydrogens is 336 g/mol. The number of aliphatic carboxylic acids is 1. The van der Waals surface area contributed by atoms with Crippen LogP contribution < -0.4 is 5.32 Å². The lowest BCUT2D eigenvalue weighted by Crippen LogP contribution is -2.42. The lowest BCUT2D eigenvalue weighted by molar-refractivity contribution is -0.143. The van der Waals surface area contributed by atoms with Crippen molar-refractivity contribution < 1.29 is 14.7 Å². The van der Waals surface area contributed by atoms with Gasteiger partial charge < -0.3 is 15.3 Å². The number of rotatable bonds is 2. The van der Waals surface area contributed by atoms with Gasteiger partial charge in [-0.3, -0.25) is 4.79 Å². The Morgan fingerprint density at radius 3 is 2.24 bits per heavy atom. The summed E-state index contributed by atoms with van der Waals surface area (Å²) < 4.78 is 0.984. The number of anilines is 1. The Bertz CT molecular complexity index is 543. The van der Waals surface area contributed by atoms with Crippen molar-refractivity contribution in [1.82, 2.24) is 4.90 Å². The monoisotopic (exact) mass is 354 g/mol. The van der Waals surface area contributed by atoms with Gasteiger partial charge in [-0.2, -0.15) is 0 Å². The van der Waals surface area contributed by atoms with Crippen LogP contribution in [0.5, 0.6) is 0 Å². The van der Waals surface area contributed by atoms with Gasteiger partial charge in [0.2, 0.25) is 0 Å². The molecule has 0 unspecified atom stereocenters. The summed E-state index contributed by atoms with van der Waals surface area (Å²) in [5.41, 5.74) is 2.81. The van der Waals surface area contributed by atoms with E-state index in [4.69, 9.17) is 5.11 Å². The molecule has 1 aliphatic rings. The van der Waals surface area contributed by atoms with E-state index in [1.54, 1.807) is 4.90 Å². The molecule has 0 bridgehead atoms. The van der Waals surface area contributed by atoms with Gasteiger partial charge in [0.05, 0.1) is 5.92 Å². The second-order valence-corrected chi connectivity index (χ2v) is 6.36. The van der Waals surface area contributed by atoms with E-state index < -0.39 is 5.97 Å². The van der Waals surface area contributed by atoms with Crippen LogP contribution in [0.2, 0.25) is 0 Å². The highest BCUT2D eigenvalue weighted by molar-refractivity contribution is 9.10. The topological polar surface area (TPSA) is 69.6 Å². The number of halogens is 1. The molecule has 2 amide bonds. The maximum absolute atomic E-state index is 12.3. The second kappa shape index (κ2) is 6.47. The molecule has 5 nitrogen and oxygen atoms in total. The van der Waals surface area contributed by atoms with Crippen molar-refractivity contribution >= 4 is 33.6 Å². The van der Waals surface area contributed by atoms with Crippen LogP contribution in [0.15, 0.2) is 16.6 Å². The molecule has 114 valence electrons. The van der Waals surface area contributed by atoms with E-state index in [0.29, 0.717) is 25.9 Å². The summed E-state index contributed by atoms with van der Waals surface area (Å²) in [5, 5.41) is 11.9. The van der Waals surface area contributed by atoms with Gasteiger partial charge in [0.1, 0.15) is 0 Å². The Morgan fingerprint density at radius 2 is 1.76 bits per heavy atom. The van der Waals surface area contributed by atoms with Gasteiger partial charge in [-0.05, 0) is 49.9 Å². The standard InChI is InChI=1S/C15H19BrN2O3/c1-9-7-12(16)8-10(2)13(9)17-15(21)18-5-3-11(4-6-18)14(19)20/h7-8,11H,3-6H2,1-2H3,(H,17,21)(H,19,20). The predicted octanol–water partition coefficient (Wildman–Crippen LogP) is 3.39.